The van der Waals surface area contributed by atoms with Gasteiger partial charge in [-0.25, -0.2) is 13.2 Å². The summed E-state index contributed by atoms with van der Waals surface area (Å²) in [5, 5.41) is 0. The van der Waals surface area contributed by atoms with E-state index in [1.54, 1.807) is 6.07 Å². The Morgan fingerprint density at radius 1 is 0.727 bits per heavy atom. The standard InChI is InChI=1S/C37H49F5O2/c1-2-3-4-5-25-6-8-26(9-7-25)27-10-12-28(13-11-27)30-16-20-33(34(39)22-30)29-14-17-31(18-15-29)37(41,42)44-32-19-21-36(43-24-38)35(40)23-32/h16,19-23,25-29,31H,2-15,17-18,24H2,1H3. The lowest BCUT2D eigenvalue weighted by Gasteiger charge is -2.38. The molecule has 2 nitrogen and oxygen atoms in total. The molecule has 0 aromatic heterocycles. The van der Waals surface area contributed by atoms with E-state index in [1.165, 1.54) is 64.2 Å². The average molecular weight is 621 g/mol. The molecule has 0 N–H and O–H groups in total. The zero-order valence-electron chi connectivity index (χ0n) is 26.2. The van der Waals surface area contributed by atoms with E-state index < -0.39 is 24.7 Å². The minimum atomic E-state index is -3.50. The molecular formula is C37H49F5O2. The van der Waals surface area contributed by atoms with Gasteiger partial charge in [0.2, 0.25) is 6.86 Å². The van der Waals surface area contributed by atoms with E-state index in [2.05, 4.69) is 17.7 Å². The number of hydrogen-bond acceptors (Lipinski definition) is 2. The van der Waals surface area contributed by atoms with Gasteiger partial charge >= 0.3 is 6.11 Å². The van der Waals surface area contributed by atoms with Crippen LogP contribution < -0.4 is 9.47 Å². The molecule has 3 saturated carbocycles. The molecule has 2 aromatic rings. The van der Waals surface area contributed by atoms with Crippen LogP contribution in [-0.2, 0) is 0 Å². The summed E-state index contributed by atoms with van der Waals surface area (Å²) in [6.07, 6.45) is 13.5. The summed E-state index contributed by atoms with van der Waals surface area (Å²) in [5.41, 5.74) is 1.69. The molecule has 7 heteroatoms. The molecule has 0 aliphatic heterocycles. The van der Waals surface area contributed by atoms with Gasteiger partial charge in [0.15, 0.2) is 11.6 Å². The predicted octanol–water partition coefficient (Wildman–Crippen LogP) is 11.9. The third-order valence-electron chi connectivity index (χ3n) is 11.1. The average Bonchev–Trinajstić information content (AvgIpc) is 3.03. The maximum atomic E-state index is 15.4. The van der Waals surface area contributed by atoms with Crippen molar-refractivity contribution in [2.45, 2.75) is 128 Å². The van der Waals surface area contributed by atoms with Crippen LogP contribution in [0.5, 0.6) is 11.5 Å². The van der Waals surface area contributed by atoms with Crippen molar-refractivity contribution in [1.29, 1.82) is 0 Å². The van der Waals surface area contributed by atoms with E-state index in [-0.39, 0.29) is 36.1 Å². The second-order valence-corrected chi connectivity index (χ2v) is 13.7. The van der Waals surface area contributed by atoms with Crippen LogP contribution in [0.4, 0.5) is 22.0 Å². The number of alkyl halides is 3. The SMILES string of the molecule is CCCCCC1CCC(C2CCC(c3ccc(C4CCC(C(F)(F)Oc5ccc(OCF)c(F)c5)CC4)c(F)c3)CC2)CC1. The van der Waals surface area contributed by atoms with E-state index >= 15 is 4.39 Å². The van der Waals surface area contributed by atoms with Gasteiger partial charge in [-0.05, 0) is 123 Å². The lowest BCUT2D eigenvalue weighted by atomic mass is 9.68. The van der Waals surface area contributed by atoms with Gasteiger partial charge in [-0.2, -0.15) is 8.78 Å². The fourth-order valence-electron chi connectivity index (χ4n) is 8.39. The van der Waals surface area contributed by atoms with E-state index in [4.69, 9.17) is 4.74 Å². The van der Waals surface area contributed by atoms with Crippen LogP contribution in [0.25, 0.3) is 0 Å². The Hall–Kier alpha value is -2.31. The molecule has 2 aromatic carbocycles. The third-order valence-corrected chi connectivity index (χ3v) is 11.1. The number of hydrogen-bond donors (Lipinski definition) is 0. The second kappa shape index (κ2) is 15.3. The molecule has 3 fully saturated rings. The highest BCUT2D eigenvalue weighted by molar-refractivity contribution is 5.33. The minimum Gasteiger partial charge on any atom is -0.460 e. The summed E-state index contributed by atoms with van der Waals surface area (Å²) in [6.45, 7) is 1.05. The van der Waals surface area contributed by atoms with Crippen molar-refractivity contribution >= 4 is 0 Å². The van der Waals surface area contributed by atoms with Crippen LogP contribution in [0.15, 0.2) is 36.4 Å². The Morgan fingerprint density at radius 2 is 1.39 bits per heavy atom. The van der Waals surface area contributed by atoms with Crippen LogP contribution in [-0.4, -0.2) is 13.0 Å². The quantitative estimate of drug-likeness (QED) is 0.174. The van der Waals surface area contributed by atoms with E-state index in [1.807, 2.05) is 6.07 Å². The van der Waals surface area contributed by atoms with Gasteiger partial charge in [0.1, 0.15) is 11.6 Å². The van der Waals surface area contributed by atoms with Crippen LogP contribution in [0.2, 0.25) is 0 Å². The highest BCUT2D eigenvalue weighted by Gasteiger charge is 2.44. The molecule has 44 heavy (non-hydrogen) atoms. The molecule has 244 valence electrons. The highest BCUT2D eigenvalue weighted by Crippen LogP contribution is 2.47. The number of unbranched alkanes of at least 4 members (excludes halogenated alkanes) is 2. The first-order chi connectivity index (χ1) is 21.3. The molecule has 0 atom stereocenters. The number of ether oxygens (including phenoxy) is 2. The van der Waals surface area contributed by atoms with Crippen molar-refractivity contribution < 1.29 is 31.4 Å². The minimum absolute atomic E-state index is 0.112. The van der Waals surface area contributed by atoms with Gasteiger partial charge in [-0.3, -0.25) is 0 Å². The zero-order valence-corrected chi connectivity index (χ0v) is 26.2. The van der Waals surface area contributed by atoms with Crippen LogP contribution in [0.1, 0.15) is 133 Å². The van der Waals surface area contributed by atoms with Gasteiger partial charge < -0.3 is 9.47 Å². The molecular weight excluding hydrogens is 571 g/mol. The number of halogens is 5. The predicted molar refractivity (Wildman–Crippen MR) is 164 cm³/mol. The van der Waals surface area contributed by atoms with Crippen molar-refractivity contribution in [2.75, 3.05) is 6.86 Å². The van der Waals surface area contributed by atoms with Gasteiger partial charge in [-0.15, -0.1) is 0 Å². The molecule has 0 heterocycles. The van der Waals surface area contributed by atoms with Crippen molar-refractivity contribution in [3.63, 3.8) is 0 Å². The second-order valence-electron chi connectivity index (χ2n) is 13.7. The molecule has 3 aliphatic carbocycles. The molecule has 0 unspecified atom stereocenters. The summed E-state index contributed by atoms with van der Waals surface area (Å²) in [7, 11) is 0. The molecule has 0 amide bonds. The summed E-state index contributed by atoms with van der Waals surface area (Å²) >= 11 is 0. The number of benzene rings is 2. The first kappa shape index (κ1) is 33.1. The molecule has 0 saturated heterocycles. The van der Waals surface area contributed by atoms with E-state index in [0.29, 0.717) is 24.3 Å². The largest absolute Gasteiger partial charge is 0.460 e. The normalized spacial score (nSPS) is 28.0. The van der Waals surface area contributed by atoms with Crippen LogP contribution in [0, 0.1) is 35.3 Å². The Kier molecular flexibility index (Phi) is 11.5. The van der Waals surface area contributed by atoms with Gasteiger partial charge in [0.05, 0.1) is 5.92 Å². The molecule has 5 rings (SSSR count). The van der Waals surface area contributed by atoms with Crippen LogP contribution >= 0.6 is 0 Å². The Bertz CT molecular complexity index is 1180. The van der Waals surface area contributed by atoms with Gasteiger partial charge in [0, 0.05) is 6.07 Å². The maximum absolute atomic E-state index is 15.4. The molecule has 3 aliphatic rings. The monoisotopic (exact) mass is 620 g/mol. The topological polar surface area (TPSA) is 18.5 Å². The Balaban J connectivity index is 1.08. The Labute approximate surface area is 260 Å². The van der Waals surface area contributed by atoms with Crippen molar-refractivity contribution in [2.24, 2.45) is 23.7 Å². The smallest absolute Gasteiger partial charge is 0.400 e. The first-order valence-corrected chi connectivity index (χ1v) is 17.1. The van der Waals surface area contributed by atoms with E-state index in [0.717, 1.165) is 54.4 Å². The molecule has 0 bridgehead atoms. The van der Waals surface area contributed by atoms with Crippen LogP contribution in [0.3, 0.4) is 0 Å². The molecule has 0 spiro atoms. The maximum Gasteiger partial charge on any atom is 0.400 e. The fraction of sp³-hybridized carbons (Fsp3) is 0.676. The zero-order chi connectivity index (χ0) is 31.1. The third kappa shape index (κ3) is 8.28. The van der Waals surface area contributed by atoms with Crippen molar-refractivity contribution in [1.82, 2.24) is 0 Å². The lowest BCUT2D eigenvalue weighted by molar-refractivity contribution is -0.222. The summed E-state index contributed by atoms with van der Waals surface area (Å²) in [4.78, 5) is 0. The van der Waals surface area contributed by atoms with Crippen molar-refractivity contribution in [3.05, 3.63) is 59.2 Å². The first-order valence-electron chi connectivity index (χ1n) is 17.1. The lowest BCUT2D eigenvalue weighted by Crippen LogP contribution is -2.37. The van der Waals surface area contributed by atoms with E-state index in [9.17, 15) is 17.6 Å². The highest BCUT2D eigenvalue weighted by atomic mass is 19.3. The summed E-state index contributed by atoms with van der Waals surface area (Å²) < 4.78 is 80.9. The van der Waals surface area contributed by atoms with Gasteiger partial charge in [0.25, 0.3) is 0 Å². The van der Waals surface area contributed by atoms with Gasteiger partial charge in [-0.1, -0.05) is 57.6 Å². The number of rotatable bonds is 12. The fourth-order valence-corrected chi connectivity index (χ4v) is 8.39. The molecule has 0 radical (unpaired) electrons. The van der Waals surface area contributed by atoms with Crippen molar-refractivity contribution in [3.8, 4) is 11.5 Å². The summed E-state index contributed by atoms with van der Waals surface area (Å²) in [5.74, 6) is -0.0468. The Morgan fingerprint density at radius 3 is 2.00 bits per heavy atom. The summed E-state index contributed by atoms with van der Waals surface area (Å²) in [6, 6.07) is 8.64.